The number of carbonyl (C=O) groups is 3. The predicted molar refractivity (Wildman–Crippen MR) is 119 cm³/mol. The first-order chi connectivity index (χ1) is 14.2. The Balaban J connectivity index is 1.80. The van der Waals surface area contributed by atoms with E-state index in [-0.39, 0.29) is 41.5 Å². The van der Waals surface area contributed by atoms with Gasteiger partial charge in [-0.05, 0) is 46.5 Å². The molecule has 168 valence electrons. The number of rotatable bonds is 5. The van der Waals surface area contributed by atoms with Gasteiger partial charge in [-0.2, -0.15) is 0 Å². The molecule has 0 unspecified atom stereocenters. The Kier molecular flexibility index (Phi) is 7.41. The molecule has 0 aromatic heterocycles. The van der Waals surface area contributed by atoms with Crippen LogP contribution in [0.15, 0.2) is 12.2 Å². The standard InChI is InChI=1S/C25H40N2O3/c1-17(2)23(29)26-20-15-11-7-5-9-13-18(20)22(28)25(3,4)27-21-16-12-8-6-10-14-19(21)24(27)30/h18-21H,1,5-16H2,2-4H3,(H,26,29)/t18-,19-,20+,21+/m1/s1. The van der Waals surface area contributed by atoms with Crippen LogP contribution in [-0.2, 0) is 14.4 Å². The number of hydrogen-bond acceptors (Lipinski definition) is 3. The van der Waals surface area contributed by atoms with E-state index in [9.17, 15) is 14.4 Å². The highest BCUT2D eigenvalue weighted by molar-refractivity contribution is 5.98. The molecule has 2 aliphatic carbocycles. The van der Waals surface area contributed by atoms with Gasteiger partial charge in [0.1, 0.15) is 0 Å². The van der Waals surface area contributed by atoms with Crippen LogP contribution in [-0.4, -0.2) is 40.1 Å². The van der Waals surface area contributed by atoms with Crippen molar-refractivity contribution in [3.05, 3.63) is 12.2 Å². The van der Waals surface area contributed by atoms with Gasteiger partial charge in [0.05, 0.1) is 11.5 Å². The third kappa shape index (κ3) is 4.65. The van der Waals surface area contributed by atoms with E-state index < -0.39 is 5.54 Å². The van der Waals surface area contributed by atoms with Crippen molar-refractivity contribution in [3.8, 4) is 0 Å². The minimum atomic E-state index is -0.826. The number of hydrogen-bond donors (Lipinski definition) is 1. The summed E-state index contributed by atoms with van der Waals surface area (Å²) >= 11 is 0. The number of Topliss-reactive ketones (excluding diaryl/α,β-unsaturated/α-hetero) is 1. The number of likely N-dealkylation sites (tertiary alicyclic amines) is 1. The van der Waals surface area contributed by atoms with E-state index in [1.165, 1.54) is 12.8 Å². The molecule has 3 rings (SSSR count). The van der Waals surface area contributed by atoms with E-state index in [1.807, 2.05) is 18.7 Å². The van der Waals surface area contributed by atoms with Gasteiger partial charge < -0.3 is 10.2 Å². The molecule has 2 saturated carbocycles. The Morgan fingerprint density at radius 2 is 1.50 bits per heavy atom. The summed E-state index contributed by atoms with van der Waals surface area (Å²) in [6.07, 6.45) is 12.5. The molecule has 0 spiro atoms. The average Bonchev–Trinajstić information content (AvgIpc) is 2.65. The highest BCUT2D eigenvalue weighted by atomic mass is 16.2. The zero-order valence-corrected chi connectivity index (χ0v) is 19.2. The van der Waals surface area contributed by atoms with Crippen molar-refractivity contribution in [2.45, 2.75) is 115 Å². The number of nitrogens with zero attached hydrogens (tertiary/aromatic N) is 1. The van der Waals surface area contributed by atoms with Crippen LogP contribution in [0.3, 0.4) is 0 Å². The van der Waals surface area contributed by atoms with Crippen LogP contribution >= 0.6 is 0 Å². The van der Waals surface area contributed by atoms with Gasteiger partial charge in [0, 0.05) is 23.6 Å². The maximum Gasteiger partial charge on any atom is 0.246 e. The molecule has 0 aromatic carbocycles. The minimum Gasteiger partial charge on any atom is -0.349 e. The zero-order chi connectivity index (χ0) is 21.9. The molecule has 0 bridgehead atoms. The van der Waals surface area contributed by atoms with Gasteiger partial charge in [0.2, 0.25) is 11.8 Å². The Bertz CT molecular complexity index is 684. The molecular formula is C25H40N2O3. The fraction of sp³-hybridized carbons (Fsp3) is 0.800. The number of carbonyl (C=O) groups excluding carboxylic acids is 3. The summed E-state index contributed by atoms with van der Waals surface area (Å²) < 4.78 is 0. The van der Waals surface area contributed by atoms with Crippen molar-refractivity contribution in [2.75, 3.05) is 0 Å². The molecule has 0 aromatic rings. The lowest BCUT2D eigenvalue weighted by atomic mass is 9.71. The van der Waals surface area contributed by atoms with E-state index in [0.717, 1.165) is 64.2 Å². The highest BCUT2D eigenvalue weighted by Gasteiger charge is 2.55. The Morgan fingerprint density at radius 3 is 2.13 bits per heavy atom. The van der Waals surface area contributed by atoms with Crippen molar-refractivity contribution < 1.29 is 14.4 Å². The average molecular weight is 417 g/mol. The first kappa shape index (κ1) is 23.0. The maximum atomic E-state index is 13.9. The molecule has 3 aliphatic rings. The summed E-state index contributed by atoms with van der Waals surface area (Å²) in [6, 6.07) is 0.0274. The van der Waals surface area contributed by atoms with Gasteiger partial charge in [0.15, 0.2) is 5.78 Å². The molecule has 3 fully saturated rings. The summed E-state index contributed by atoms with van der Waals surface area (Å²) in [5, 5.41) is 3.09. The second kappa shape index (κ2) is 9.65. The lowest BCUT2D eigenvalue weighted by Gasteiger charge is -2.56. The van der Waals surface area contributed by atoms with Crippen LogP contribution in [0.25, 0.3) is 0 Å². The topological polar surface area (TPSA) is 66.5 Å². The normalized spacial score (nSPS) is 30.6. The summed E-state index contributed by atoms with van der Waals surface area (Å²) in [5.74, 6) is -0.0344. The monoisotopic (exact) mass is 416 g/mol. The number of amides is 2. The van der Waals surface area contributed by atoms with Gasteiger partial charge in [-0.3, -0.25) is 14.4 Å². The number of ketones is 1. The molecule has 1 N–H and O–H groups in total. The highest BCUT2D eigenvalue weighted by Crippen LogP contribution is 2.43. The van der Waals surface area contributed by atoms with E-state index in [4.69, 9.17) is 0 Å². The molecule has 30 heavy (non-hydrogen) atoms. The summed E-state index contributed by atoms with van der Waals surface area (Å²) in [4.78, 5) is 41.2. The van der Waals surface area contributed by atoms with Crippen LogP contribution in [0, 0.1) is 11.8 Å². The first-order valence-corrected chi connectivity index (χ1v) is 12.1. The third-order valence-electron chi connectivity index (χ3n) is 7.63. The third-order valence-corrected chi connectivity index (χ3v) is 7.63. The lowest BCUT2D eigenvalue weighted by Crippen LogP contribution is -2.71. The fourth-order valence-corrected chi connectivity index (χ4v) is 5.85. The zero-order valence-electron chi connectivity index (χ0n) is 19.2. The number of fused-ring (bicyclic) bond motifs is 1. The quantitative estimate of drug-likeness (QED) is 0.528. The molecule has 1 heterocycles. The van der Waals surface area contributed by atoms with Gasteiger partial charge in [0.25, 0.3) is 0 Å². The summed E-state index contributed by atoms with van der Waals surface area (Å²) in [7, 11) is 0. The van der Waals surface area contributed by atoms with Gasteiger partial charge in [-0.15, -0.1) is 0 Å². The number of nitrogens with one attached hydrogen (secondary N) is 1. The van der Waals surface area contributed by atoms with Crippen molar-refractivity contribution in [1.82, 2.24) is 10.2 Å². The van der Waals surface area contributed by atoms with Crippen molar-refractivity contribution in [2.24, 2.45) is 11.8 Å². The van der Waals surface area contributed by atoms with Crippen LogP contribution < -0.4 is 5.32 Å². The van der Waals surface area contributed by atoms with Crippen LogP contribution in [0.4, 0.5) is 0 Å². The van der Waals surface area contributed by atoms with E-state index in [1.54, 1.807) is 6.92 Å². The van der Waals surface area contributed by atoms with E-state index >= 15 is 0 Å². The maximum absolute atomic E-state index is 13.9. The SMILES string of the molecule is C=C(C)C(=O)N[C@H]1CCCCCC[C@H]1C(=O)C(C)(C)N1C(=O)[C@@H]2CCCCCC[C@@H]21. The molecule has 5 nitrogen and oxygen atoms in total. The van der Waals surface area contributed by atoms with E-state index in [0.29, 0.717) is 5.57 Å². The Morgan fingerprint density at radius 1 is 0.933 bits per heavy atom. The Labute approximate surface area is 182 Å². The van der Waals surface area contributed by atoms with Gasteiger partial charge >= 0.3 is 0 Å². The van der Waals surface area contributed by atoms with Crippen LogP contribution in [0.5, 0.6) is 0 Å². The van der Waals surface area contributed by atoms with Crippen LogP contribution in [0.2, 0.25) is 0 Å². The van der Waals surface area contributed by atoms with Gasteiger partial charge in [-0.1, -0.05) is 57.9 Å². The van der Waals surface area contributed by atoms with Crippen LogP contribution in [0.1, 0.15) is 97.8 Å². The predicted octanol–water partition coefficient (Wildman–Crippen LogP) is 4.55. The Hall–Kier alpha value is -1.65. The van der Waals surface area contributed by atoms with E-state index in [2.05, 4.69) is 11.9 Å². The molecule has 5 heteroatoms. The fourth-order valence-electron chi connectivity index (χ4n) is 5.85. The molecular weight excluding hydrogens is 376 g/mol. The summed E-state index contributed by atoms with van der Waals surface area (Å²) in [6.45, 7) is 9.31. The van der Waals surface area contributed by atoms with Crippen molar-refractivity contribution in [1.29, 1.82) is 0 Å². The summed E-state index contributed by atoms with van der Waals surface area (Å²) in [5.41, 5.74) is -0.356. The molecule has 2 amide bonds. The lowest BCUT2D eigenvalue weighted by molar-refractivity contribution is -0.174. The molecule has 1 aliphatic heterocycles. The molecule has 4 atom stereocenters. The smallest absolute Gasteiger partial charge is 0.246 e. The minimum absolute atomic E-state index is 0.105. The molecule has 0 radical (unpaired) electrons. The number of β-lactam (4-membered cyclic amide) rings is 1. The van der Waals surface area contributed by atoms with Gasteiger partial charge in [-0.25, -0.2) is 0 Å². The first-order valence-electron chi connectivity index (χ1n) is 12.1. The largest absolute Gasteiger partial charge is 0.349 e. The second-order valence-corrected chi connectivity index (χ2v) is 10.3. The van der Waals surface area contributed by atoms with Crippen molar-refractivity contribution in [3.63, 3.8) is 0 Å². The second-order valence-electron chi connectivity index (χ2n) is 10.3. The molecule has 1 saturated heterocycles. The van der Waals surface area contributed by atoms with Crippen molar-refractivity contribution >= 4 is 17.6 Å².